The number of rotatable bonds is 3. The van der Waals surface area contributed by atoms with Crippen molar-refractivity contribution in [1.82, 2.24) is 4.98 Å². The zero-order valence-electron chi connectivity index (χ0n) is 8.45. The van der Waals surface area contributed by atoms with Crippen molar-refractivity contribution in [3.8, 4) is 0 Å². The van der Waals surface area contributed by atoms with Crippen LogP contribution >= 0.6 is 27.5 Å². The Morgan fingerprint density at radius 1 is 1.19 bits per heavy atom. The number of nitrogens with zero attached hydrogens (tertiary/aromatic N) is 1. The van der Waals surface area contributed by atoms with Gasteiger partial charge in [0.1, 0.15) is 5.15 Å². The third-order valence-electron chi connectivity index (χ3n) is 2.17. The van der Waals surface area contributed by atoms with Crippen LogP contribution < -0.4 is 5.32 Å². The Labute approximate surface area is 108 Å². The molecule has 0 aliphatic carbocycles. The first-order valence-corrected chi connectivity index (χ1v) is 6.01. The minimum absolute atomic E-state index is 0.506. The zero-order valence-corrected chi connectivity index (χ0v) is 10.8. The van der Waals surface area contributed by atoms with Gasteiger partial charge in [0, 0.05) is 11.0 Å². The van der Waals surface area contributed by atoms with Gasteiger partial charge >= 0.3 is 0 Å². The van der Waals surface area contributed by atoms with E-state index < -0.39 is 0 Å². The second-order valence-corrected chi connectivity index (χ2v) is 4.56. The topological polar surface area (TPSA) is 24.9 Å². The Hall–Kier alpha value is -1.06. The molecule has 0 aliphatic rings. The lowest BCUT2D eigenvalue weighted by atomic mass is 10.2. The lowest BCUT2D eigenvalue weighted by Crippen LogP contribution is -2.00. The molecule has 16 heavy (non-hydrogen) atoms. The first kappa shape index (κ1) is 11.4. The first-order valence-electron chi connectivity index (χ1n) is 4.84. The standard InChI is InChI=1S/C12H10BrClN2/c13-11-4-2-1-3-9(11)7-15-10-5-6-12(14)16-8-10/h1-6,8,15H,7H2. The fraction of sp³-hybridized carbons (Fsp3) is 0.0833. The van der Waals surface area contributed by atoms with Crippen molar-refractivity contribution in [1.29, 1.82) is 0 Å². The fourth-order valence-corrected chi connectivity index (χ4v) is 1.86. The smallest absolute Gasteiger partial charge is 0.129 e. The SMILES string of the molecule is Clc1ccc(NCc2ccccc2Br)cn1. The molecule has 0 fully saturated rings. The van der Waals surface area contributed by atoms with Crippen LogP contribution in [0.25, 0.3) is 0 Å². The molecule has 0 amide bonds. The number of benzene rings is 1. The first-order chi connectivity index (χ1) is 7.75. The predicted octanol–water partition coefficient (Wildman–Crippen LogP) is 4.11. The van der Waals surface area contributed by atoms with Crippen molar-refractivity contribution >= 4 is 33.2 Å². The van der Waals surface area contributed by atoms with Crippen molar-refractivity contribution in [2.75, 3.05) is 5.32 Å². The summed E-state index contributed by atoms with van der Waals surface area (Å²) in [7, 11) is 0. The summed E-state index contributed by atoms with van der Waals surface area (Å²) in [5.41, 5.74) is 2.16. The molecule has 1 aromatic heterocycles. The van der Waals surface area contributed by atoms with E-state index in [9.17, 15) is 0 Å². The summed E-state index contributed by atoms with van der Waals surface area (Å²) in [6.07, 6.45) is 1.72. The molecular weight excluding hydrogens is 288 g/mol. The quantitative estimate of drug-likeness (QED) is 0.862. The second-order valence-electron chi connectivity index (χ2n) is 3.31. The van der Waals surface area contributed by atoms with Gasteiger partial charge < -0.3 is 5.32 Å². The summed E-state index contributed by atoms with van der Waals surface area (Å²) in [5.74, 6) is 0. The molecule has 0 radical (unpaired) electrons. The number of pyridine rings is 1. The van der Waals surface area contributed by atoms with E-state index in [0.717, 1.165) is 16.7 Å². The average Bonchev–Trinajstić information content (AvgIpc) is 2.30. The lowest BCUT2D eigenvalue weighted by molar-refractivity contribution is 1.13. The highest BCUT2D eigenvalue weighted by Gasteiger charge is 1.98. The summed E-state index contributed by atoms with van der Waals surface area (Å²) in [4.78, 5) is 4.01. The van der Waals surface area contributed by atoms with Gasteiger partial charge in [-0.25, -0.2) is 4.98 Å². The summed E-state index contributed by atoms with van der Waals surface area (Å²) in [6, 6.07) is 11.8. The molecule has 0 unspecified atom stereocenters. The van der Waals surface area contributed by atoms with Crippen LogP contribution in [0.4, 0.5) is 5.69 Å². The summed E-state index contributed by atoms with van der Waals surface area (Å²) in [6.45, 7) is 0.755. The van der Waals surface area contributed by atoms with E-state index in [2.05, 4.69) is 32.3 Å². The summed E-state index contributed by atoms with van der Waals surface area (Å²) < 4.78 is 1.10. The maximum atomic E-state index is 5.71. The van der Waals surface area contributed by atoms with Gasteiger partial charge in [-0.2, -0.15) is 0 Å². The predicted molar refractivity (Wildman–Crippen MR) is 70.7 cm³/mol. The molecule has 0 aliphatic heterocycles. The van der Waals surface area contributed by atoms with Crippen molar-refractivity contribution < 1.29 is 0 Å². The molecule has 0 bridgehead atoms. The zero-order chi connectivity index (χ0) is 11.4. The maximum absolute atomic E-state index is 5.71. The number of anilines is 1. The van der Waals surface area contributed by atoms with Gasteiger partial charge in [-0.1, -0.05) is 45.7 Å². The van der Waals surface area contributed by atoms with Crippen LogP contribution in [0.3, 0.4) is 0 Å². The van der Waals surface area contributed by atoms with E-state index in [-0.39, 0.29) is 0 Å². The lowest BCUT2D eigenvalue weighted by Gasteiger charge is -2.07. The largest absolute Gasteiger partial charge is 0.380 e. The number of aromatic nitrogens is 1. The minimum atomic E-state index is 0.506. The van der Waals surface area contributed by atoms with E-state index in [0.29, 0.717) is 5.15 Å². The monoisotopic (exact) mass is 296 g/mol. The van der Waals surface area contributed by atoms with Gasteiger partial charge in [0.25, 0.3) is 0 Å². The van der Waals surface area contributed by atoms with Gasteiger partial charge in [0.15, 0.2) is 0 Å². The molecule has 0 spiro atoms. The van der Waals surface area contributed by atoms with Crippen molar-refractivity contribution in [3.63, 3.8) is 0 Å². The Kier molecular flexibility index (Phi) is 3.80. The highest BCUT2D eigenvalue weighted by Crippen LogP contribution is 2.17. The summed E-state index contributed by atoms with van der Waals surface area (Å²) >= 11 is 9.21. The van der Waals surface area contributed by atoms with Gasteiger partial charge in [-0.05, 0) is 23.8 Å². The normalized spacial score (nSPS) is 10.1. The highest BCUT2D eigenvalue weighted by atomic mass is 79.9. The molecule has 1 aromatic carbocycles. The number of hydrogen-bond acceptors (Lipinski definition) is 2. The van der Waals surface area contributed by atoms with E-state index in [1.807, 2.05) is 24.3 Å². The van der Waals surface area contributed by atoms with Gasteiger partial charge in [0.05, 0.1) is 11.9 Å². The average molecular weight is 298 g/mol. The van der Waals surface area contributed by atoms with Crippen LogP contribution in [0.15, 0.2) is 47.1 Å². The Bertz CT molecular complexity index is 471. The fourth-order valence-electron chi connectivity index (χ4n) is 1.32. The molecule has 1 heterocycles. The summed E-state index contributed by atoms with van der Waals surface area (Å²) in [5, 5.41) is 3.78. The van der Waals surface area contributed by atoms with Crippen molar-refractivity contribution in [2.24, 2.45) is 0 Å². The van der Waals surface area contributed by atoms with Crippen LogP contribution in [0.2, 0.25) is 5.15 Å². The van der Waals surface area contributed by atoms with Crippen LogP contribution in [-0.2, 0) is 6.54 Å². The molecule has 2 nitrogen and oxygen atoms in total. The third-order valence-corrected chi connectivity index (χ3v) is 3.17. The highest BCUT2D eigenvalue weighted by molar-refractivity contribution is 9.10. The van der Waals surface area contributed by atoms with Gasteiger partial charge in [0.2, 0.25) is 0 Å². The molecule has 1 N–H and O–H groups in total. The molecule has 2 aromatic rings. The van der Waals surface area contributed by atoms with E-state index in [4.69, 9.17) is 11.6 Å². The van der Waals surface area contributed by atoms with Crippen LogP contribution in [-0.4, -0.2) is 4.98 Å². The van der Waals surface area contributed by atoms with Crippen LogP contribution in [0.1, 0.15) is 5.56 Å². The molecule has 2 rings (SSSR count). The van der Waals surface area contributed by atoms with Gasteiger partial charge in [-0.3, -0.25) is 0 Å². The molecule has 0 saturated heterocycles. The van der Waals surface area contributed by atoms with E-state index >= 15 is 0 Å². The molecular formula is C12H10BrClN2. The van der Waals surface area contributed by atoms with Crippen molar-refractivity contribution in [2.45, 2.75) is 6.54 Å². The Morgan fingerprint density at radius 3 is 2.69 bits per heavy atom. The van der Waals surface area contributed by atoms with Gasteiger partial charge in [-0.15, -0.1) is 0 Å². The van der Waals surface area contributed by atoms with E-state index in [1.54, 1.807) is 12.3 Å². The number of nitrogens with one attached hydrogen (secondary N) is 1. The Morgan fingerprint density at radius 2 is 2.00 bits per heavy atom. The minimum Gasteiger partial charge on any atom is -0.380 e. The van der Waals surface area contributed by atoms with E-state index in [1.165, 1.54) is 5.56 Å². The molecule has 0 atom stereocenters. The third kappa shape index (κ3) is 2.97. The Balaban J connectivity index is 2.02. The van der Waals surface area contributed by atoms with Crippen LogP contribution in [0.5, 0.6) is 0 Å². The maximum Gasteiger partial charge on any atom is 0.129 e. The second kappa shape index (κ2) is 5.32. The van der Waals surface area contributed by atoms with Crippen molar-refractivity contribution in [3.05, 3.63) is 57.8 Å². The molecule has 82 valence electrons. The molecule has 4 heteroatoms. The molecule has 0 saturated carbocycles. The van der Waals surface area contributed by atoms with Crippen LogP contribution in [0, 0.1) is 0 Å². The number of hydrogen-bond donors (Lipinski definition) is 1. The number of halogens is 2.